The summed E-state index contributed by atoms with van der Waals surface area (Å²) in [7, 11) is 3.05. The Labute approximate surface area is 122 Å². The molecule has 1 heterocycles. The van der Waals surface area contributed by atoms with E-state index in [-0.39, 0.29) is 5.78 Å². The fraction of sp³-hybridized carbons (Fsp3) is 0.417. The molecule has 0 amide bonds. The van der Waals surface area contributed by atoms with Gasteiger partial charge in [-0.15, -0.1) is 0 Å². The van der Waals surface area contributed by atoms with Crippen LogP contribution in [0, 0.1) is 0 Å². The number of methoxy groups -OCH3 is 2. The molecule has 0 aromatic heterocycles. The number of halogens is 2. The number of carbonyl (C=O) groups is 1. The van der Waals surface area contributed by atoms with Gasteiger partial charge in [0.1, 0.15) is 14.5 Å². The molecule has 0 bridgehead atoms. The summed E-state index contributed by atoms with van der Waals surface area (Å²) in [5.74, 6) is 1.32. The monoisotopic (exact) mass is 378 g/mol. The lowest BCUT2D eigenvalue weighted by atomic mass is 9.99. The second kappa shape index (κ2) is 4.42. The van der Waals surface area contributed by atoms with Crippen molar-refractivity contribution in [2.24, 2.45) is 0 Å². The van der Waals surface area contributed by atoms with E-state index in [1.165, 1.54) is 7.11 Å². The third-order valence-electron chi connectivity index (χ3n) is 2.79. The first-order valence-electron chi connectivity index (χ1n) is 5.22. The molecule has 98 valence electrons. The minimum Gasteiger partial charge on any atom is -0.495 e. The van der Waals surface area contributed by atoms with Crippen LogP contribution in [0.25, 0.3) is 0 Å². The molecule has 2 rings (SSSR count). The van der Waals surface area contributed by atoms with Crippen molar-refractivity contribution in [3.05, 3.63) is 14.5 Å². The number of hydrogen-bond donors (Lipinski definition) is 0. The van der Waals surface area contributed by atoms with Gasteiger partial charge in [-0.1, -0.05) is 0 Å². The molecule has 0 saturated heterocycles. The van der Waals surface area contributed by atoms with Crippen molar-refractivity contribution in [2.45, 2.75) is 19.4 Å². The highest BCUT2D eigenvalue weighted by atomic mass is 79.9. The van der Waals surface area contributed by atoms with E-state index >= 15 is 0 Å². The van der Waals surface area contributed by atoms with Gasteiger partial charge < -0.3 is 14.2 Å². The highest BCUT2D eigenvalue weighted by Gasteiger charge is 2.45. The molecule has 0 fully saturated rings. The Balaban J connectivity index is 2.81. The number of carbonyl (C=O) groups excluding carboxylic acids is 1. The van der Waals surface area contributed by atoms with Gasteiger partial charge in [0.2, 0.25) is 5.78 Å². The van der Waals surface area contributed by atoms with Gasteiger partial charge in [0.15, 0.2) is 22.8 Å². The SMILES string of the molecule is COc1c(Br)c(OC)c2c(c1Br)OC(C)(C)C2=O. The first-order chi connectivity index (χ1) is 8.35. The predicted octanol–water partition coefficient (Wildman–Crippen LogP) is 3.58. The molecule has 1 aliphatic rings. The fourth-order valence-corrected chi connectivity index (χ4v) is 3.53. The Morgan fingerprint density at radius 3 is 2.11 bits per heavy atom. The maximum atomic E-state index is 12.3. The molecule has 0 aliphatic carbocycles. The van der Waals surface area contributed by atoms with Crippen molar-refractivity contribution in [3.63, 3.8) is 0 Å². The van der Waals surface area contributed by atoms with E-state index in [2.05, 4.69) is 31.9 Å². The number of ether oxygens (including phenoxy) is 3. The van der Waals surface area contributed by atoms with Crippen LogP contribution in [-0.4, -0.2) is 25.6 Å². The zero-order valence-electron chi connectivity index (χ0n) is 10.4. The van der Waals surface area contributed by atoms with E-state index in [0.29, 0.717) is 31.8 Å². The lowest BCUT2D eigenvalue weighted by molar-refractivity contribution is 0.0681. The molecule has 0 radical (unpaired) electrons. The standard InChI is InChI=1S/C12H12Br2O4/c1-12(2)11(15)5-8(16-3)6(13)10(17-4)7(14)9(5)18-12/h1-4H3. The van der Waals surface area contributed by atoms with Gasteiger partial charge in [0.25, 0.3) is 0 Å². The third-order valence-corrected chi connectivity index (χ3v) is 4.23. The molecule has 6 heteroatoms. The molecule has 1 aromatic rings. The third kappa shape index (κ3) is 1.73. The van der Waals surface area contributed by atoms with Crippen LogP contribution in [0.3, 0.4) is 0 Å². The lowest BCUT2D eigenvalue weighted by Gasteiger charge is -2.16. The largest absolute Gasteiger partial charge is 0.495 e. The first kappa shape index (κ1) is 13.7. The number of fused-ring (bicyclic) bond motifs is 1. The summed E-state index contributed by atoms with van der Waals surface area (Å²) in [6.45, 7) is 3.45. The van der Waals surface area contributed by atoms with Gasteiger partial charge in [-0.2, -0.15) is 0 Å². The molecule has 0 unspecified atom stereocenters. The van der Waals surface area contributed by atoms with Crippen LogP contribution in [0.15, 0.2) is 8.95 Å². The number of Topliss-reactive ketones (excluding diaryl/α,β-unsaturated/α-hetero) is 1. The van der Waals surface area contributed by atoms with Gasteiger partial charge in [-0.25, -0.2) is 0 Å². The average molecular weight is 380 g/mol. The van der Waals surface area contributed by atoms with Crippen molar-refractivity contribution in [1.29, 1.82) is 0 Å². The summed E-state index contributed by atoms with van der Waals surface area (Å²) >= 11 is 6.78. The second-order valence-electron chi connectivity index (χ2n) is 4.34. The first-order valence-corrected chi connectivity index (χ1v) is 6.80. The highest BCUT2D eigenvalue weighted by molar-refractivity contribution is 9.11. The van der Waals surface area contributed by atoms with E-state index in [1.807, 2.05) is 0 Å². The van der Waals surface area contributed by atoms with Crippen LogP contribution in [0.4, 0.5) is 0 Å². The van der Waals surface area contributed by atoms with Crippen LogP contribution >= 0.6 is 31.9 Å². The van der Waals surface area contributed by atoms with Crippen molar-refractivity contribution in [1.82, 2.24) is 0 Å². The van der Waals surface area contributed by atoms with Gasteiger partial charge in [-0.05, 0) is 45.7 Å². The highest BCUT2D eigenvalue weighted by Crippen LogP contribution is 2.53. The maximum absolute atomic E-state index is 12.3. The lowest BCUT2D eigenvalue weighted by Crippen LogP contribution is -2.32. The predicted molar refractivity (Wildman–Crippen MR) is 74.0 cm³/mol. The Hall–Kier alpha value is -0.750. The number of hydrogen-bond acceptors (Lipinski definition) is 4. The number of ketones is 1. The summed E-state index contributed by atoms with van der Waals surface area (Å²) < 4.78 is 17.5. The van der Waals surface area contributed by atoms with Gasteiger partial charge in [0.05, 0.1) is 14.2 Å². The van der Waals surface area contributed by atoms with Crippen LogP contribution in [-0.2, 0) is 0 Å². The van der Waals surface area contributed by atoms with E-state index < -0.39 is 5.60 Å². The van der Waals surface area contributed by atoms with E-state index in [9.17, 15) is 4.79 Å². The fourth-order valence-electron chi connectivity index (χ4n) is 1.90. The van der Waals surface area contributed by atoms with E-state index in [1.54, 1.807) is 21.0 Å². The van der Waals surface area contributed by atoms with Crippen molar-refractivity contribution >= 4 is 37.6 Å². The van der Waals surface area contributed by atoms with Gasteiger partial charge >= 0.3 is 0 Å². The normalized spacial score (nSPS) is 16.2. The molecule has 0 N–H and O–H groups in total. The Morgan fingerprint density at radius 2 is 1.61 bits per heavy atom. The minimum absolute atomic E-state index is 0.113. The molecule has 0 atom stereocenters. The topological polar surface area (TPSA) is 44.8 Å². The summed E-state index contributed by atoms with van der Waals surface area (Å²) in [6.07, 6.45) is 0. The average Bonchev–Trinajstić information content (AvgIpc) is 2.54. The molecule has 4 nitrogen and oxygen atoms in total. The number of rotatable bonds is 2. The smallest absolute Gasteiger partial charge is 0.213 e. The summed E-state index contributed by atoms with van der Waals surface area (Å²) in [5, 5.41) is 0. The quantitative estimate of drug-likeness (QED) is 0.787. The van der Waals surface area contributed by atoms with E-state index in [4.69, 9.17) is 14.2 Å². The van der Waals surface area contributed by atoms with Crippen LogP contribution < -0.4 is 14.2 Å². The molecule has 0 spiro atoms. The van der Waals surface area contributed by atoms with Crippen molar-refractivity contribution < 1.29 is 19.0 Å². The minimum atomic E-state index is -0.899. The molecule has 0 saturated carbocycles. The Bertz CT molecular complexity index is 538. The Kier molecular flexibility index (Phi) is 3.36. The van der Waals surface area contributed by atoms with Gasteiger partial charge in [0, 0.05) is 0 Å². The Morgan fingerprint density at radius 1 is 1.06 bits per heavy atom. The molecule has 18 heavy (non-hydrogen) atoms. The van der Waals surface area contributed by atoms with Gasteiger partial charge in [-0.3, -0.25) is 4.79 Å². The summed E-state index contributed by atoms with van der Waals surface area (Å²) in [5.41, 5.74) is -0.466. The van der Waals surface area contributed by atoms with Crippen molar-refractivity contribution in [2.75, 3.05) is 14.2 Å². The molecule has 1 aliphatic heterocycles. The van der Waals surface area contributed by atoms with E-state index in [0.717, 1.165) is 0 Å². The second-order valence-corrected chi connectivity index (χ2v) is 5.93. The molecular weight excluding hydrogens is 368 g/mol. The molecular formula is C12H12Br2O4. The number of benzene rings is 1. The molecule has 1 aromatic carbocycles. The summed E-state index contributed by atoms with van der Waals surface area (Å²) in [6, 6.07) is 0. The van der Waals surface area contributed by atoms with Crippen LogP contribution in [0.2, 0.25) is 0 Å². The van der Waals surface area contributed by atoms with Crippen LogP contribution in [0.1, 0.15) is 24.2 Å². The maximum Gasteiger partial charge on any atom is 0.213 e. The zero-order chi connectivity index (χ0) is 13.7. The van der Waals surface area contributed by atoms with Crippen molar-refractivity contribution in [3.8, 4) is 17.2 Å². The zero-order valence-corrected chi connectivity index (χ0v) is 13.6. The van der Waals surface area contributed by atoms with Crippen LogP contribution in [0.5, 0.6) is 17.2 Å². The summed E-state index contributed by atoms with van der Waals surface area (Å²) in [4.78, 5) is 12.3.